The van der Waals surface area contributed by atoms with Crippen molar-refractivity contribution in [3.63, 3.8) is 0 Å². The van der Waals surface area contributed by atoms with E-state index in [0.717, 1.165) is 25.0 Å². The fourth-order valence-corrected chi connectivity index (χ4v) is 2.73. The van der Waals surface area contributed by atoms with Crippen molar-refractivity contribution in [2.75, 3.05) is 12.4 Å². The van der Waals surface area contributed by atoms with Gasteiger partial charge in [0.25, 0.3) is 5.91 Å². The van der Waals surface area contributed by atoms with Crippen molar-refractivity contribution < 1.29 is 9.53 Å². The van der Waals surface area contributed by atoms with E-state index < -0.39 is 5.91 Å². The Bertz CT molecular complexity index is 681. The highest BCUT2D eigenvalue weighted by Gasteiger charge is 2.39. The average molecular weight is 313 g/mol. The fourth-order valence-electron chi connectivity index (χ4n) is 2.73. The highest BCUT2D eigenvalue weighted by atomic mass is 16.5. The smallest absolute Gasteiger partial charge is 0.268 e. The molecule has 0 unspecified atom stereocenters. The first-order chi connectivity index (χ1) is 11.2. The van der Waals surface area contributed by atoms with E-state index in [1.54, 1.807) is 7.11 Å². The van der Waals surface area contributed by atoms with Gasteiger partial charge in [-0.15, -0.1) is 0 Å². The van der Waals surface area contributed by atoms with Crippen LogP contribution in [-0.4, -0.2) is 23.0 Å². The van der Waals surface area contributed by atoms with Gasteiger partial charge in [0.05, 0.1) is 18.2 Å². The number of nitrogens with zero attached hydrogens (tertiary/aromatic N) is 2. The van der Waals surface area contributed by atoms with Gasteiger partial charge in [-0.25, -0.2) is 15.8 Å². The molecule has 0 saturated heterocycles. The largest absolute Gasteiger partial charge is 0.497 e. The van der Waals surface area contributed by atoms with Gasteiger partial charge in [-0.3, -0.25) is 10.2 Å². The summed E-state index contributed by atoms with van der Waals surface area (Å²) in [6, 6.07) is 8.02. The predicted octanol–water partition coefficient (Wildman–Crippen LogP) is 1.58. The summed E-state index contributed by atoms with van der Waals surface area (Å²) in [6.45, 7) is 0. The minimum Gasteiger partial charge on any atom is -0.497 e. The van der Waals surface area contributed by atoms with Crippen molar-refractivity contribution >= 4 is 11.9 Å². The number of methoxy groups -OCH3 is 1. The van der Waals surface area contributed by atoms with Gasteiger partial charge in [0, 0.05) is 12.4 Å². The lowest BCUT2D eigenvalue weighted by Gasteiger charge is -2.43. The molecule has 7 heteroatoms. The molecule has 1 aromatic carbocycles. The van der Waals surface area contributed by atoms with Crippen LogP contribution in [0.1, 0.15) is 35.2 Å². The van der Waals surface area contributed by atoms with Crippen molar-refractivity contribution in [2.45, 2.75) is 24.8 Å². The summed E-state index contributed by atoms with van der Waals surface area (Å²) in [6.07, 6.45) is 6.07. The van der Waals surface area contributed by atoms with Crippen molar-refractivity contribution in [1.82, 2.24) is 15.4 Å². The standard InChI is InChI=1S/C16H19N5O2/c1-23-13-5-3-12(4-6-13)16(7-2-8-16)20-15-18-9-11(10-19-15)14(22)21-17/h3-6,9-10H,2,7-8,17H2,1H3,(H,21,22)(H,18,19,20). The highest BCUT2D eigenvalue weighted by Crippen LogP contribution is 2.43. The van der Waals surface area contributed by atoms with Gasteiger partial charge in [-0.05, 0) is 37.0 Å². The van der Waals surface area contributed by atoms with E-state index in [9.17, 15) is 4.79 Å². The van der Waals surface area contributed by atoms with E-state index in [4.69, 9.17) is 10.6 Å². The van der Waals surface area contributed by atoms with Crippen molar-refractivity contribution in [1.29, 1.82) is 0 Å². The molecule has 3 rings (SSSR count). The van der Waals surface area contributed by atoms with Crippen LogP contribution in [0.25, 0.3) is 0 Å². The van der Waals surface area contributed by atoms with Gasteiger partial charge >= 0.3 is 0 Å². The van der Waals surface area contributed by atoms with Crippen LogP contribution in [0.2, 0.25) is 0 Å². The Morgan fingerprint density at radius 3 is 2.35 bits per heavy atom. The van der Waals surface area contributed by atoms with Gasteiger partial charge in [0.1, 0.15) is 5.75 Å². The summed E-state index contributed by atoms with van der Waals surface area (Å²) >= 11 is 0. The Morgan fingerprint density at radius 2 is 1.87 bits per heavy atom. The quantitative estimate of drug-likeness (QED) is 0.440. The molecule has 0 aliphatic heterocycles. The summed E-state index contributed by atoms with van der Waals surface area (Å²) in [4.78, 5) is 19.8. The minimum atomic E-state index is -0.412. The molecule has 0 bridgehead atoms. The maximum atomic E-state index is 11.4. The zero-order valence-electron chi connectivity index (χ0n) is 12.9. The molecule has 120 valence electrons. The molecule has 2 aromatic rings. The van der Waals surface area contributed by atoms with E-state index in [0.29, 0.717) is 11.5 Å². The van der Waals surface area contributed by atoms with Gasteiger partial charge in [0.2, 0.25) is 5.95 Å². The van der Waals surface area contributed by atoms with Crippen LogP contribution in [-0.2, 0) is 5.54 Å². The summed E-state index contributed by atoms with van der Waals surface area (Å²) in [5.74, 6) is 6.01. The van der Waals surface area contributed by atoms with Gasteiger partial charge < -0.3 is 10.1 Å². The molecule has 7 nitrogen and oxygen atoms in total. The van der Waals surface area contributed by atoms with E-state index in [-0.39, 0.29) is 5.54 Å². The molecular weight excluding hydrogens is 294 g/mol. The number of carbonyl (C=O) groups excluding carboxylic acids is 1. The average Bonchev–Trinajstić information content (AvgIpc) is 2.58. The van der Waals surface area contributed by atoms with Gasteiger partial charge in [-0.1, -0.05) is 12.1 Å². The molecule has 0 atom stereocenters. The lowest BCUT2D eigenvalue weighted by Crippen LogP contribution is -2.42. The van der Waals surface area contributed by atoms with E-state index in [1.165, 1.54) is 18.0 Å². The topological polar surface area (TPSA) is 102 Å². The lowest BCUT2D eigenvalue weighted by molar-refractivity contribution is 0.0953. The summed E-state index contributed by atoms with van der Waals surface area (Å²) in [7, 11) is 1.65. The second-order valence-electron chi connectivity index (χ2n) is 5.56. The number of amides is 1. The van der Waals surface area contributed by atoms with Crippen molar-refractivity contribution in [3.05, 3.63) is 47.8 Å². The molecule has 1 saturated carbocycles. The van der Waals surface area contributed by atoms with E-state index in [2.05, 4.69) is 32.8 Å². The first-order valence-electron chi connectivity index (χ1n) is 7.42. The number of nitrogens with one attached hydrogen (secondary N) is 2. The number of benzene rings is 1. The molecule has 1 fully saturated rings. The van der Waals surface area contributed by atoms with Gasteiger partial charge in [-0.2, -0.15) is 0 Å². The third-order valence-electron chi connectivity index (χ3n) is 4.25. The molecule has 4 N–H and O–H groups in total. The number of hydrazine groups is 1. The van der Waals surface area contributed by atoms with Crippen LogP contribution in [0.15, 0.2) is 36.7 Å². The molecule has 1 aromatic heterocycles. The second kappa shape index (κ2) is 6.21. The number of anilines is 1. The maximum Gasteiger partial charge on any atom is 0.268 e. The molecule has 1 amide bonds. The lowest BCUT2D eigenvalue weighted by atomic mass is 9.72. The van der Waals surface area contributed by atoms with E-state index in [1.807, 2.05) is 12.1 Å². The molecule has 0 radical (unpaired) electrons. The Labute approximate surface area is 134 Å². The van der Waals surface area contributed by atoms with Crippen LogP contribution >= 0.6 is 0 Å². The van der Waals surface area contributed by atoms with Crippen LogP contribution in [0.3, 0.4) is 0 Å². The van der Waals surface area contributed by atoms with Crippen molar-refractivity contribution in [3.8, 4) is 5.75 Å². The molecule has 0 spiro atoms. The highest BCUT2D eigenvalue weighted by molar-refractivity contribution is 5.93. The number of hydrogen-bond acceptors (Lipinski definition) is 6. The monoisotopic (exact) mass is 313 g/mol. The number of nitrogen functional groups attached to an aromatic ring is 1. The molecule has 23 heavy (non-hydrogen) atoms. The number of aromatic nitrogens is 2. The third kappa shape index (κ3) is 2.95. The van der Waals surface area contributed by atoms with Crippen LogP contribution in [0.4, 0.5) is 5.95 Å². The first kappa shape index (κ1) is 15.2. The SMILES string of the molecule is COc1ccc(C2(Nc3ncc(C(=O)NN)cn3)CCC2)cc1. The number of rotatable bonds is 5. The predicted molar refractivity (Wildman–Crippen MR) is 85.8 cm³/mol. The summed E-state index contributed by atoms with van der Waals surface area (Å²) < 4.78 is 5.20. The number of carbonyl (C=O) groups is 1. The molecular formula is C16H19N5O2. The molecule has 1 aliphatic carbocycles. The zero-order chi connectivity index (χ0) is 16.3. The van der Waals surface area contributed by atoms with Crippen LogP contribution in [0.5, 0.6) is 5.75 Å². The van der Waals surface area contributed by atoms with Crippen LogP contribution in [0, 0.1) is 0 Å². The molecule has 1 heterocycles. The second-order valence-corrected chi connectivity index (χ2v) is 5.56. The fraction of sp³-hybridized carbons (Fsp3) is 0.312. The third-order valence-corrected chi connectivity index (χ3v) is 4.25. The van der Waals surface area contributed by atoms with Crippen LogP contribution < -0.4 is 21.3 Å². The number of nitrogens with two attached hydrogens (primary N) is 1. The number of ether oxygens (including phenoxy) is 1. The first-order valence-corrected chi connectivity index (χ1v) is 7.42. The Kier molecular flexibility index (Phi) is 4.12. The zero-order valence-corrected chi connectivity index (χ0v) is 12.9. The Morgan fingerprint density at radius 1 is 1.22 bits per heavy atom. The molecule has 1 aliphatic rings. The van der Waals surface area contributed by atoms with E-state index >= 15 is 0 Å². The minimum absolute atomic E-state index is 0.163. The number of hydrogen-bond donors (Lipinski definition) is 3. The maximum absolute atomic E-state index is 11.4. The summed E-state index contributed by atoms with van der Waals surface area (Å²) in [5, 5.41) is 3.40. The van der Waals surface area contributed by atoms with Crippen molar-refractivity contribution in [2.24, 2.45) is 5.84 Å². The normalized spacial score (nSPS) is 15.4. The Balaban J connectivity index is 1.79. The van der Waals surface area contributed by atoms with Gasteiger partial charge in [0.15, 0.2) is 0 Å². The summed E-state index contributed by atoms with van der Waals surface area (Å²) in [5.41, 5.74) is 3.40. The Hall–Kier alpha value is -2.67.